The van der Waals surface area contributed by atoms with Crippen LogP contribution in [0.1, 0.15) is 24.8 Å². The van der Waals surface area contributed by atoms with E-state index in [-0.39, 0.29) is 17.6 Å². The lowest BCUT2D eigenvalue weighted by molar-refractivity contribution is -0.127. The zero-order valence-corrected chi connectivity index (χ0v) is 17.1. The summed E-state index contributed by atoms with van der Waals surface area (Å²) in [6, 6.07) is 5.16. The van der Waals surface area contributed by atoms with Gasteiger partial charge in [-0.25, -0.2) is 0 Å². The molecule has 10 heteroatoms. The number of hydrogen-bond acceptors (Lipinski definition) is 7. The lowest BCUT2D eigenvalue weighted by atomic mass is 10.1. The highest BCUT2D eigenvalue weighted by molar-refractivity contribution is 8.01. The zero-order valence-electron chi connectivity index (χ0n) is 14.8. The summed E-state index contributed by atoms with van der Waals surface area (Å²) in [4.78, 5) is 24.0. The minimum Gasteiger partial charge on any atom is -0.354 e. The zero-order chi connectivity index (χ0) is 19.2. The SMILES string of the molecule is Cc1c(Cl)cccc1Nc1nnc(SCC(=O)N[C@H]2CCCCNC2=O)s1. The van der Waals surface area contributed by atoms with Crippen LogP contribution in [0.3, 0.4) is 0 Å². The van der Waals surface area contributed by atoms with Gasteiger partial charge in [-0.15, -0.1) is 10.2 Å². The van der Waals surface area contributed by atoms with Crippen molar-refractivity contribution >= 4 is 57.3 Å². The van der Waals surface area contributed by atoms with Crippen molar-refractivity contribution < 1.29 is 9.59 Å². The number of rotatable bonds is 6. The summed E-state index contributed by atoms with van der Waals surface area (Å²) in [6.45, 7) is 2.60. The Kier molecular flexibility index (Phi) is 6.92. The van der Waals surface area contributed by atoms with Crippen molar-refractivity contribution in [1.82, 2.24) is 20.8 Å². The normalized spacial score (nSPS) is 17.1. The number of carbonyl (C=O) groups is 2. The molecule has 0 spiro atoms. The standard InChI is InChI=1S/C17H20ClN5O2S2/c1-10-11(18)5-4-7-12(10)21-16-22-23-17(27-16)26-9-14(24)20-13-6-2-3-8-19-15(13)25/h4-5,7,13H,2-3,6,8-9H2,1H3,(H,19,25)(H,20,24)(H,21,22)/t13-/m0/s1. The van der Waals surface area contributed by atoms with Gasteiger partial charge in [0.1, 0.15) is 6.04 Å². The molecule has 3 N–H and O–H groups in total. The second kappa shape index (κ2) is 9.38. The summed E-state index contributed by atoms with van der Waals surface area (Å²) in [5.41, 5.74) is 1.80. The van der Waals surface area contributed by atoms with Gasteiger partial charge < -0.3 is 16.0 Å². The second-order valence-corrected chi connectivity index (χ2v) is 8.71. The highest BCUT2D eigenvalue weighted by Gasteiger charge is 2.22. The fraction of sp³-hybridized carbons (Fsp3) is 0.412. The molecule has 7 nitrogen and oxygen atoms in total. The molecule has 1 saturated heterocycles. The van der Waals surface area contributed by atoms with Crippen molar-refractivity contribution in [3.05, 3.63) is 28.8 Å². The monoisotopic (exact) mass is 425 g/mol. The lowest BCUT2D eigenvalue weighted by Gasteiger charge is -2.14. The fourth-order valence-electron chi connectivity index (χ4n) is 2.62. The molecule has 144 valence electrons. The number of halogens is 1. The average Bonchev–Trinajstić information content (AvgIpc) is 3.00. The minimum absolute atomic E-state index is 0.106. The van der Waals surface area contributed by atoms with E-state index in [1.807, 2.05) is 25.1 Å². The van der Waals surface area contributed by atoms with E-state index in [1.54, 1.807) is 0 Å². The van der Waals surface area contributed by atoms with E-state index < -0.39 is 6.04 Å². The van der Waals surface area contributed by atoms with E-state index in [9.17, 15) is 9.59 Å². The first kappa shape index (κ1) is 19.9. The summed E-state index contributed by atoms with van der Waals surface area (Å²) in [6.07, 6.45) is 2.54. The number of carbonyl (C=O) groups excluding carboxylic acids is 2. The summed E-state index contributed by atoms with van der Waals surface area (Å²) >= 11 is 8.78. The number of benzene rings is 1. The Morgan fingerprint density at radius 3 is 3.11 bits per heavy atom. The predicted molar refractivity (Wildman–Crippen MR) is 109 cm³/mol. The Morgan fingerprint density at radius 2 is 2.26 bits per heavy atom. The van der Waals surface area contributed by atoms with Crippen LogP contribution in [0.4, 0.5) is 10.8 Å². The molecule has 1 aromatic carbocycles. The molecule has 0 bridgehead atoms. The third-order valence-electron chi connectivity index (χ3n) is 4.11. The predicted octanol–water partition coefficient (Wildman–Crippen LogP) is 3.12. The topological polar surface area (TPSA) is 96.0 Å². The number of amides is 2. The van der Waals surface area contributed by atoms with Crippen LogP contribution in [0.5, 0.6) is 0 Å². The molecule has 1 aliphatic rings. The number of aromatic nitrogens is 2. The quantitative estimate of drug-likeness (QED) is 0.615. The van der Waals surface area contributed by atoms with Gasteiger partial charge in [-0.05, 0) is 43.9 Å². The first-order chi connectivity index (χ1) is 13.0. The van der Waals surface area contributed by atoms with Gasteiger partial charge in [-0.1, -0.05) is 40.8 Å². The van der Waals surface area contributed by atoms with Crippen molar-refractivity contribution in [1.29, 1.82) is 0 Å². The van der Waals surface area contributed by atoms with E-state index in [2.05, 4.69) is 26.1 Å². The van der Waals surface area contributed by atoms with Gasteiger partial charge in [0.25, 0.3) is 0 Å². The van der Waals surface area contributed by atoms with Gasteiger partial charge in [0.15, 0.2) is 4.34 Å². The molecule has 1 fully saturated rings. The van der Waals surface area contributed by atoms with Crippen molar-refractivity contribution in [3.63, 3.8) is 0 Å². The molecular weight excluding hydrogens is 406 g/mol. The van der Waals surface area contributed by atoms with Gasteiger partial charge in [0.05, 0.1) is 5.75 Å². The summed E-state index contributed by atoms with van der Waals surface area (Å²) in [5, 5.41) is 18.3. The largest absolute Gasteiger partial charge is 0.354 e. The first-order valence-electron chi connectivity index (χ1n) is 8.58. The number of hydrogen-bond donors (Lipinski definition) is 3. The number of anilines is 2. The maximum atomic E-state index is 12.1. The van der Waals surface area contributed by atoms with E-state index >= 15 is 0 Å². The second-order valence-electron chi connectivity index (χ2n) is 6.11. The van der Waals surface area contributed by atoms with Gasteiger partial charge >= 0.3 is 0 Å². The molecule has 27 heavy (non-hydrogen) atoms. The molecule has 2 heterocycles. The number of nitrogens with one attached hydrogen (secondary N) is 3. The van der Waals surface area contributed by atoms with Crippen molar-refractivity contribution in [2.24, 2.45) is 0 Å². The van der Waals surface area contributed by atoms with Crippen molar-refractivity contribution in [3.8, 4) is 0 Å². The van der Waals surface area contributed by atoms with Gasteiger partial charge in [-0.3, -0.25) is 9.59 Å². The molecule has 1 aromatic heterocycles. The maximum absolute atomic E-state index is 12.1. The first-order valence-corrected chi connectivity index (χ1v) is 10.8. The Labute approximate surface area is 170 Å². The Morgan fingerprint density at radius 1 is 1.41 bits per heavy atom. The van der Waals surface area contributed by atoms with Crippen molar-refractivity contribution in [2.75, 3.05) is 17.6 Å². The van der Waals surface area contributed by atoms with Crippen LogP contribution >= 0.6 is 34.7 Å². The number of thioether (sulfide) groups is 1. The van der Waals surface area contributed by atoms with Gasteiger partial charge in [-0.2, -0.15) is 0 Å². The Bertz CT molecular complexity index is 829. The Balaban J connectivity index is 1.51. The van der Waals surface area contributed by atoms with Crippen LogP contribution in [0, 0.1) is 6.92 Å². The van der Waals surface area contributed by atoms with E-state index in [0.29, 0.717) is 27.5 Å². The van der Waals surface area contributed by atoms with Crippen molar-refractivity contribution in [2.45, 2.75) is 36.6 Å². The minimum atomic E-state index is -0.446. The molecule has 0 radical (unpaired) electrons. The third kappa shape index (κ3) is 5.57. The van der Waals surface area contributed by atoms with Gasteiger partial charge in [0.2, 0.25) is 16.9 Å². The molecule has 0 aliphatic carbocycles. The Hall–Kier alpha value is -1.84. The molecule has 2 amide bonds. The van der Waals surface area contributed by atoms with Crippen LogP contribution < -0.4 is 16.0 Å². The van der Waals surface area contributed by atoms with E-state index in [0.717, 1.165) is 24.1 Å². The third-order valence-corrected chi connectivity index (χ3v) is 6.49. The molecule has 0 unspecified atom stereocenters. The lowest BCUT2D eigenvalue weighted by Crippen LogP contribution is -2.46. The van der Waals surface area contributed by atoms with E-state index in [1.165, 1.54) is 23.1 Å². The number of nitrogens with zero attached hydrogens (tertiary/aromatic N) is 2. The fourth-order valence-corrected chi connectivity index (χ4v) is 4.37. The smallest absolute Gasteiger partial charge is 0.242 e. The maximum Gasteiger partial charge on any atom is 0.242 e. The summed E-state index contributed by atoms with van der Waals surface area (Å²) < 4.78 is 0.678. The van der Waals surface area contributed by atoms with Gasteiger partial charge in [0, 0.05) is 17.3 Å². The highest BCUT2D eigenvalue weighted by Crippen LogP contribution is 2.30. The molecule has 1 aliphatic heterocycles. The highest BCUT2D eigenvalue weighted by atomic mass is 35.5. The van der Waals surface area contributed by atoms with Crippen LogP contribution in [0.2, 0.25) is 5.02 Å². The average molecular weight is 426 g/mol. The van der Waals surface area contributed by atoms with Crippen LogP contribution in [0.25, 0.3) is 0 Å². The molecule has 2 aromatic rings. The summed E-state index contributed by atoms with van der Waals surface area (Å²) in [5.74, 6) is -0.100. The van der Waals surface area contributed by atoms with Crippen LogP contribution in [-0.4, -0.2) is 40.4 Å². The van der Waals surface area contributed by atoms with E-state index in [4.69, 9.17) is 11.6 Å². The summed E-state index contributed by atoms with van der Waals surface area (Å²) in [7, 11) is 0. The molecular formula is C17H20ClN5O2S2. The molecule has 1 atom stereocenters. The van der Waals surface area contributed by atoms with Crippen LogP contribution in [0.15, 0.2) is 22.5 Å². The molecule has 3 rings (SSSR count). The molecule has 0 saturated carbocycles. The van der Waals surface area contributed by atoms with Crippen LogP contribution in [-0.2, 0) is 9.59 Å².